The lowest BCUT2D eigenvalue weighted by molar-refractivity contribution is -0.138. The highest BCUT2D eigenvalue weighted by Gasteiger charge is 2.60. The van der Waals surface area contributed by atoms with Crippen LogP contribution in [0.25, 0.3) is 0 Å². The minimum absolute atomic E-state index is 0.0725. The SMILES string of the molecule is CN1C(=O)C=C[C@]2(C)[C@H]3CC[C@]4(C)C(NC(=O)Nc5ccccc5)CC[C@H]4[C@@H]3CC[C@@H]12. The van der Waals surface area contributed by atoms with Crippen LogP contribution in [0.4, 0.5) is 10.5 Å². The molecule has 7 atom stereocenters. The summed E-state index contributed by atoms with van der Waals surface area (Å²) in [5.41, 5.74) is 1.05. The lowest BCUT2D eigenvalue weighted by atomic mass is 9.48. The third-order valence-corrected chi connectivity index (χ3v) is 9.46. The number of nitrogens with zero attached hydrogens (tertiary/aromatic N) is 1. The molecular weight excluding hydrogens is 386 g/mol. The molecule has 0 saturated heterocycles. The first-order chi connectivity index (χ1) is 14.8. The van der Waals surface area contributed by atoms with Crippen molar-refractivity contribution in [2.24, 2.45) is 28.6 Å². The number of carbonyl (C=O) groups excluding carboxylic acids is 2. The molecule has 4 aliphatic rings. The number of hydrogen-bond donors (Lipinski definition) is 2. The van der Waals surface area contributed by atoms with Crippen LogP contribution in [0.2, 0.25) is 0 Å². The number of fused-ring (bicyclic) bond motifs is 5. The zero-order valence-corrected chi connectivity index (χ0v) is 18.9. The van der Waals surface area contributed by atoms with Crippen LogP contribution in [0.1, 0.15) is 52.4 Å². The van der Waals surface area contributed by atoms with Gasteiger partial charge in [-0.15, -0.1) is 0 Å². The van der Waals surface area contributed by atoms with E-state index in [2.05, 4.69) is 30.6 Å². The monoisotopic (exact) mass is 421 g/mol. The zero-order valence-electron chi connectivity index (χ0n) is 18.9. The van der Waals surface area contributed by atoms with Gasteiger partial charge in [-0.3, -0.25) is 4.79 Å². The summed E-state index contributed by atoms with van der Waals surface area (Å²) in [7, 11) is 1.98. The summed E-state index contributed by atoms with van der Waals surface area (Å²) < 4.78 is 0. The Hall–Kier alpha value is -2.30. The average Bonchev–Trinajstić information content (AvgIpc) is 3.08. The highest BCUT2D eigenvalue weighted by molar-refractivity contribution is 5.89. The summed E-state index contributed by atoms with van der Waals surface area (Å²) in [6, 6.07) is 10.1. The van der Waals surface area contributed by atoms with Crippen molar-refractivity contribution in [3.05, 3.63) is 42.5 Å². The summed E-state index contributed by atoms with van der Waals surface area (Å²) in [6.45, 7) is 4.80. The first kappa shape index (κ1) is 20.6. The smallest absolute Gasteiger partial charge is 0.319 e. The van der Waals surface area contributed by atoms with Crippen LogP contribution in [0.15, 0.2) is 42.5 Å². The van der Waals surface area contributed by atoms with Crippen molar-refractivity contribution < 1.29 is 9.59 Å². The van der Waals surface area contributed by atoms with E-state index in [4.69, 9.17) is 0 Å². The number of anilines is 1. The van der Waals surface area contributed by atoms with Crippen LogP contribution >= 0.6 is 0 Å². The number of amides is 3. The maximum absolute atomic E-state index is 12.7. The first-order valence-corrected chi connectivity index (χ1v) is 11.9. The minimum Gasteiger partial charge on any atom is -0.338 e. The molecule has 1 heterocycles. The van der Waals surface area contributed by atoms with Gasteiger partial charge in [0.1, 0.15) is 0 Å². The quantitative estimate of drug-likeness (QED) is 0.719. The highest BCUT2D eigenvalue weighted by Crippen LogP contribution is 2.63. The normalized spacial score (nSPS) is 41.2. The number of urea groups is 1. The molecule has 0 radical (unpaired) electrons. The molecule has 5 nitrogen and oxygen atoms in total. The van der Waals surface area contributed by atoms with Gasteiger partial charge in [0.05, 0.1) is 0 Å². The van der Waals surface area contributed by atoms with E-state index in [0.29, 0.717) is 23.8 Å². The van der Waals surface area contributed by atoms with E-state index in [0.717, 1.165) is 24.9 Å². The fraction of sp³-hybridized carbons (Fsp3) is 0.615. The minimum atomic E-state index is -0.0915. The molecule has 0 spiro atoms. The van der Waals surface area contributed by atoms with Crippen molar-refractivity contribution in [1.29, 1.82) is 0 Å². The lowest BCUT2D eigenvalue weighted by Gasteiger charge is -2.60. The molecule has 3 amide bonds. The molecule has 3 fully saturated rings. The fourth-order valence-corrected chi connectivity index (χ4v) is 7.82. The van der Waals surface area contributed by atoms with Gasteiger partial charge in [0.2, 0.25) is 5.91 Å². The van der Waals surface area contributed by atoms with E-state index in [9.17, 15) is 9.59 Å². The van der Waals surface area contributed by atoms with E-state index in [1.807, 2.05) is 42.3 Å². The molecule has 1 unspecified atom stereocenters. The number of carbonyl (C=O) groups is 2. The molecule has 2 N–H and O–H groups in total. The standard InChI is InChI=1S/C26H35N3O2/c1-25-15-13-20-18(9-12-22-26(20,2)16-14-23(30)29(22)3)19(25)10-11-21(25)28-24(31)27-17-7-5-4-6-8-17/h4-8,14,16,18-22H,9-13,15H2,1-3H3,(H2,27,28,31)/t18-,19-,20-,21?,22+,25-,26+/m0/s1. The molecule has 5 rings (SSSR count). The van der Waals surface area contributed by atoms with Gasteiger partial charge in [0.25, 0.3) is 0 Å². The lowest BCUT2D eigenvalue weighted by Crippen LogP contribution is -2.60. The van der Waals surface area contributed by atoms with Gasteiger partial charge in [0.15, 0.2) is 0 Å². The fourth-order valence-electron chi connectivity index (χ4n) is 7.82. The Morgan fingerprint density at radius 2 is 1.81 bits per heavy atom. The van der Waals surface area contributed by atoms with Crippen LogP contribution in [0.3, 0.4) is 0 Å². The van der Waals surface area contributed by atoms with E-state index in [1.165, 1.54) is 19.3 Å². The molecule has 1 aromatic carbocycles. The van der Waals surface area contributed by atoms with Gasteiger partial charge in [-0.25, -0.2) is 4.79 Å². The predicted molar refractivity (Wildman–Crippen MR) is 122 cm³/mol. The van der Waals surface area contributed by atoms with Gasteiger partial charge in [-0.05, 0) is 79.9 Å². The third kappa shape index (κ3) is 3.19. The van der Waals surface area contributed by atoms with Crippen molar-refractivity contribution in [1.82, 2.24) is 10.2 Å². The molecular formula is C26H35N3O2. The summed E-state index contributed by atoms with van der Waals surface area (Å²) >= 11 is 0. The maximum atomic E-state index is 12.7. The van der Waals surface area contributed by atoms with E-state index >= 15 is 0 Å². The Labute approximate surface area is 185 Å². The van der Waals surface area contributed by atoms with Gasteiger partial charge in [0, 0.05) is 30.2 Å². The number of rotatable bonds is 2. The van der Waals surface area contributed by atoms with Crippen LogP contribution in [0.5, 0.6) is 0 Å². The van der Waals surface area contributed by atoms with E-state index < -0.39 is 0 Å². The summed E-state index contributed by atoms with van der Waals surface area (Å²) in [5.74, 6) is 2.08. The van der Waals surface area contributed by atoms with Crippen molar-refractivity contribution >= 4 is 17.6 Å². The molecule has 1 aromatic rings. The Morgan fingerprint density at radius 1 is 1.03 bits per heavy atom. The number of likely N-dealkylation sites (N-methyl/N-ethyl adjacent to an activating group) is 1. The highest BCUT2D eigenvalue weighted by atomic mass is 16.2. The van der Waals surface area contributed by atoms with Gasteiger partial charge < -0.3 is 15.5 Å². The second-order valence-electron chi connectivity index (χ2n) is 10.8. The van der Waals surface area contributed by atoms with Crippen molar-refractivity contribution in [2.45, 2.75) is 64.5 Å². The Bertz CT molecular complexity index is 899. The van der Waals surface area contributed by atoms with Crippen LogP contribution in [0, 0.1) is 28.6 Å². The maximum Gasteiger partial charge on any atom is 0.319 e. The van der Waals surface area contributed by atoms with E-state index in [-0.39, 0.29) is 28.8 Å². The summed E-state index contributed by atoms with van der Waals surface area (Å²) in [4.78, 5) is 26.9. The molecule has 1 aliphatic heterocycles. The average molecular weight is 422 g/mol. The van der Waals surface area contributed by atoms with Crippen LogP contribution in [-0.2, 0) is 4.79 Å². The van der Waals surface area contributed by atoms with Crippen LogP contribution < -0.4 is 10.6 Å². The third-order valence-electron chi connectivity index (χ3n) is 9.46. The topological polar surface area (TPSA) is 61.4 Å². The number of benzene rings is 1. The largest absolute Gasteiger partial charge is 0.338 e. The van der Waals surface area contributed by atoms with Gasteiger partial charge in [-0.1, -0.05) is 38.1 Å². The molecule has 0 bridgehead atoms. The molecule has 3 saturated carbocycles. The van der Waals surface area contributed by atoms with Gasteiger partial charge in [-0.2, -0.15) is 0 Å². The van der Waals surface area contributed by atoms with Crippen molar-refractivity contribution in [3.8, 4) is 0 Å². The molecule has 0 aromatic heterocycles. The van der Waals surface area contributed by atoms with Crippen LogP contribution in [-0.4, -0.2) is 36.0 Å². The summed E-state index contributed by atoms with van der Waals surface area (Å²) in [6.07, 6.45) is 10.9. The van der Waals surface area contributed by atoms with Gasteiger partial charge >= 0.3 is 6.03 Å². The number of hydrogen-bond acceptors (Lipinski definition) is 2. The Kier molecular flexibility index (Phi) is 4.91. The Balaban J connectivity index is 1.32. The molecule has 5 heteroatoms. The number of nitrogens with one attached hydrogen (secondary N) is 2. The molecule has 166 valence electrons. The second kappa shape index (κ2) is 7.39. The summed E-state index contributed by atoms with van der Waals surface area (Å²) in [5, 5.41) is 6.32. The van der Waals surface area contributed by atoms with Crippen molar-refractivity contribution in [2.75, 3.05) is 12.4 Å². The first-order valence-electron chi connectivity index (χ1n) is 11.9. The Morgan fingerprint density at radius 3 is 2.58 bits per heavy atom. The van der Waals surface area contributed by atoms with E-state index in [1.54, 1.807) is 6.08 Å². The molecule has 3 aliphatic carbocycles. The second-order valence-corrected chi connectivity index (χ2v) is 10.8. The molecule has 31 heavy (non-hydrogen) atoms. The zero-order chi connectivity index (χ0) is 21.8. The van der Waals surface area contributed by atoms with Crippen molar-refractivity contribution in [3.63, 3.8) is 0 Å². The number of para-hydroxylation sites is 1. The predicted octanol–water partition coefficient (Wildman–Crippen LogP) is 4.82.